The van der Waals surface area contributed by atoms with Crippen molar-refractivity contribution < 1.29 is 23.1 Å². The molecular formula is C13H10F3N3O2. The van der Waals surface area contributed by atoms with Gasteiger partial charge < -0.3 is 9.67 Å². The third-order valence-corrected chi connectivity index (χ3v) is 3.28. The summed E-state index contributed by atoms with van der Waals surface area (Å²) in [6.07, 6.45) is 0.635. The summed E-state index contributed by atoms with van der Waals surface area (Å²) in [5.41, 5.74) is -1.00. The molecule has 0 aromatic carbocycles. The highest BCUT2D eigenvalue weighted by atomic mass is 19.4. The Kier molecular flexibility index (Phi) is 2.96. The summed E-state index contributed by atoms with van der Waals surface area (Å²) in [6.45, 7) is 0. The maximum absolute atomic E-state index is 13.0. The zero-order valence-electron chi connectivity index (χ0n) is 10.6. The molecule has 0 aliphatic heterocycles. The molecule has 1 N–H and O–H groups in total. The summed E-state index contributed by atoms with van der Waals surface area (Å²) in [6, 6.07) is 0.906. The van der Waals surface area contributed by atoms with Crippen molar-refractivity contribution in [1.29, 1.82) is 0 Å². The van der Waals surface area contributed by atoms with E-state index in [4.69, 9.17) is 5.11 Å². The van der Waals surface area contributed by atoms with Crippen molar-refractivity contribution in [3.63, 3.8) is 0 Å². The van der Waals surface area contributed by atoms with Gasteiger partial charge in [0.1, 0.15) is 5.69 Å². The molecule has 0 amide bonds. The minimum absolute atomic E-state index is 0.283. The van der Waals surface area contributed by atoms with E-state index in [1.807, 2.05) is 0 Å². The number of carboxylic acid groups (broad SMARTS) is 1. The third-order valence-electron chi connectivity index (χ3n) is 3.28. The van der Waals surface area contributed by atoms with Crippen molar-refractivity contribution >= 4 is 5.97 Å². The fraction of sp³-hybridized carbons (Fsp3) is 0.308. The van der Waals surface area contributed by atoms with Gasteiger partial charge in [0.05, 0.1) is 23.3 Å². The average Bonchev–Trinajstić information content (AvgIpc) is 3.15. The van der Waals surface area contributed by atoms with E-state index in [-0.39, 0.29) is 5.69 Å². The lowest BCUT2D eigenvalue weighted by molar-refractivity contribution is -0.137. The molecule has 0 unspecified atom stereocenters. The largest absolute Gasteiger partial charge is 0.477 e. The van der Waals surface area contributed by atoms with Crippen LogP contribution in [0.1, 0.15) is 40.5 Å². The van der Waals surface area contributed by atoms with Gasteiger partial charge in [-0.2, -0.15) is 13.2 Å². The second-order valence-electron chi connectivity index (χ2n) is 4.87. The normalized spacial score (nSPS) is 15.2. The van der Waals surface area contributed by atoms with Crippen molar-refractivity contribution in [1.82, 2.24) is 14.5 Å². The number of aromatic nitrogens is 3. The van der Waals surface area contributed by atoms with Crippen molar-refractivity contribution in [2.75, 3.05) is 0 Å². The molecule has 21 heavy (non-hydrogen) atoms. The first kappa shape index (κ1) is 13.6. The summed E-state index contributed by atoms with van der Waals surface area (Å²) in [5.74, 6) is -1.09. The van der Waals surface area contributed by atoms with Gasteiger partial charge in [-0.05, 0) is 18.9 Å². The maximum Gasteiger partial charge on any atom is 0.419 e. The summed E-state index contributed by atoms with van der Waals surface area (Å²) in [5, 5.41) is 8.88. The Morgan fingerprint density at radius 3 is 2.62 bits per heavy atom. The van der Waals surface area contributed by atoms with Crippen LogP contribution < -0.4 is 0 Å². The molecule has 0 spiro atoms. The number of nitrogens with zero attached hydrogens (tertiary/aromatic N) is 3. The molecule has 0 bridgehead atoms. The molecule has 110 valence electrons. The van der Waals surface area contributed by atoms with E-state index in [1.54, 1.807) is 0 Å². The van der Waals surface area contributed by atoms with Crippen molar-refractivity contribution in [3.8, 4) is 5.69 Å². The van der Waals surface area contributed by atoms with Crippen molar-refractivity contribution in [2.45, 2.75) is 24.9 Å². The number of hydrogen-bond donors (Lipinski definition) is 1. The molecule has 1 aliphatic rings. The molecule has 0 radical (unpaired) electrons. The lowest BCUT2D eigenvalue weighted by Crippen LogP contribution is -2.13. The Balaban J connectivity index is 2.11. The van der Waals surface area contributed by atoms with Gasteiger partial charge in [-0.3, -0.25) is 0 Å². The monoisotopic (exact) mass is 297 g/mol. The zero-order chi connectivity index (χ0) is 15.2. The van der Waals surface area contributed by atoms with Crippen molar-refractivity contribution in [2.24, 2.45) is 0 Å². The molecule has 0 atom stereocenters. The molecule has 2 heterocycles. The third kappa shape index (κ3) is 2.61. The molecule has 1 aliphatic carbocycles. The van der Waals surface area contributed by atoms with E-state index >= 15 is 0 Å². The molecule has 5 nitrogen and oxygen atoms in total. The first-order valence-electron chi connectivity index (χ1n) is 6.21. The Labute approximate surface area is 117 Å². The van der Waals surface area contributed by atoms with Crippen LogP contribution in [0.4, 0.5) is 13.2 Å². The molecule has 0 saturated heterocycles. The second kappa shape index (κ2) is 4.57. The Morgan fingerprint density at radius 2 is 2.05 bits per heavy atom. The fourth-order valence-electron chi connectivity index (χ4n) is 2.05. The van der Waals surface area contributed by atoms with Gasteiger partial charge in [-0.1, -0.05) is 0 Å². The number of aromatic carboxylic acids is 1. The number of carboxylic acids is 1. The average molecular weight is 297 g/mol. The predicted molar refractivity (Wildman–Crippen MR) is 65.3 cm³/mol. The number of halogens is 3. The molecule has 2 aromatic heterocycles. The minimum Gasteiger partial charge on any atom is -0.477 e. The minimum atomic E-state index is -4.62. The highest BCUT2D eigenvalue weighted by Crippen LogP contribution is 2.40. The van der Waals surface area contributed by atoms with Gasteiger partial charge in [0, 0.05) is 18.3 Å². The van der Waals surface area contributed by atoms with E-state index in [0.29, 0.717) is 12.1 Å². The summed E-state index contributed by atoms with van der Waals surface area (Å²) < 4.78 is 40.3. The Morgan fingerprint density at radius 1 is 1.33 bits per heavy atom. The van der Waals surface area contributed by atoms with E-state index < -0.39 is 23.4 Å². The van der Waals surface area contributed by atoms with Crippen LogP contribution in [-0.2, 0) is 6.18 Å². The molecule has 3 rings (SSSR count). The highest BCUT2D eigenvalue weighted by Gasteiger charge is 2.35. The fourth-order valence-corrected chi connectivity index (χ4v) is 2.05. The Bertz CT molecular complexity index is 705. The van der Waals surface area contributed by atoms with E-state index in [9.17, 15) is 18.0 Å². The SMILES string of the molecule is O=C(O)c1cc(-n2cnc(C3CC3)c2)c(C(F)(F)F)cn1. The van der Waals surface area contributed by atoms with Crippen LogP contribution in [-0.4, -0.2) is 25.6 Å². The second-order valence-corrected chi connectivity index (χ2v) is 4.87. The number of alkyl halides is 3. The molecular weight excluding hydrogens is 287 g/mol. The van der Waals surface area contributed by atoms with Crippen LogP contribution in [0, 0.1) is 0 Å². The summed E-state index contributed by atoms with van der Waals surface area (Å²) >= 11 is 0. The smallest absolute Gasteiger partial charge is 0.419 e. The van der Waals surface area contributed by atoms with Gasteiger partial charge in [0.15, 0.2) is 0 Å². The van der Waals surface area contributed by atoms with Gasteiger partial charge >= 0.3 is 12.1 Å². The van der Waals surface area contributed by atoms with Crippen LogP contribution in [0.3, 0.4) is 0 Å². The van der Waals surface area contributed by atoms with Crippen LogP contribution in [0.25, 0.3) is 5.69 Å². The van der Waals surface area contributed by atoms with E-state index in [1.165, 1.54) is 17.1 Å². The summed E-state index contributed by atoms with van der Waals surface area (Å²) in [4.78, 5) is 18.3. The number of imidazole rings is 1. The van der Waals surface area contributed by atoms with Crippen LogP contribution in [0.15, 0.2) is 24.8 Å². The number of pyridine rings is 1. The maximum atomic E-state index is 13.0. The molecule has 1 fully saturated rings. The zero-order valence-corrected chi connectivity index (χ0v) is 10.6. The Hall–Kier alpha value is -2.38. The summed E-state index contributed by atoms with van der Waals surface area (Å²) in [7, 11) is 0. The lowest BCUT2D eigenvalue weighted by Gasteiger charge is -2.13. The number of carbonyl (C=O) groups is 1. The van der Waals surface area contributed by atoms with Gasteiger partial charge in [0.25, 0.3) is 0 Å². The number of rotatable bonds is 3. The van der Waals surface area contributed by atoms with Gasteiger partial charge in [-0.25, -0.2) is 14.8 Å². The first-order chi connectivity index (χ1) is 9.86. The van der Waals surface area contributed by atoms with Gasteiger partial charge in [0.2, 0.25) is 0 Å². The molecule has 1 saturated carbocycles. The van der Waals surface area contributed by atoms with E-state index in [2.05, 4.69) is 9.97 Å². The first-order valence-corrected chi connectivity index (χ1v) is 6.21. The standard InChI is InChI=1S/C13H10F3N3O2/c14-13(15,16)8-4-17-9(12(20)21)3-11(8)19-5-10(18-6-19)7-1-2-7/h3-7H,1-2H2,(H,20,21). The molecule has 2 aromatic rings. The van der Waals surface area contributed by atoms with Crippen LogP contribution in [0.5, 0.6) is 0 Å². The van der Waals surface area contributed by atoms with Crippen LogP contribution in [0.2, 0.25) is 0 Å². The molecule has 8 heteroatoms. The van der Waals surface area contributed by atoms with Gasteiger partial charge in [-0.15, -0.1) is 0 Å². The quantitative estimate of drug-likeness (QED) is 0.946. The topological polar surface area (TPSA) is 68.0 Å². The highest BCUT2D eigenvalue weighted by molar-refractivity contribution is 5.86. The number of hydrogen-bond acceptors (Lipinski definition) is 3. The van der Waals surface area contributed by atoms with E-state index in [0.717, 1.165) is 24.6 Å². The van der Waals surface area contributed by atoms with Crippen LogP contribution >= 0.6 is 0 Å². The van der Waals surface area contributed by atoms with Crippen molar-refractivity contribution in [3.05, 3.63) is 41.7 Å². The lowest BCUT2D eigenvalue weighted by atomic mass is 10.2. The predicted octanol–water partition coefficient (Wildman–Crippen LogP) is 2.86.